The Balaban J connectivity index is 1.68. The normalized spacial score (nSPS) is 10.6. The number of nitrogens with one attached hydrogen (secondary N) is 1. The largest absolute Gasteiger partial charge is 0.458 e. The topological polar surface area (TPSA) is 60.1 Å². The summed E-state index contributed by atoms with van der Waals surface area (Å²) in [7, 11) is 1.84. The van der Waals surface area contributed by atoms with Crippen molar-refractivity contribution in [2.24, 2.45) is 7.05 Å². The second-order valence-electron chi connectivity index (χ2n) is 4.77. The van der Waals surface area contributed by atoms with Crippen LogP contribution in [0.1, 0.15) is 16.1 Å². The van der Waals surface area contributed by atoms with E-state index in [-0.39, 0.29) is 5.91 Å². The summed E-state index contributed by atoms with van der Waals surface area (Å²) in [5.74, 6) is 1.14. The molecule has 3 aromatic rings. The fourth-order valence-corrected chi connectivity index (χ4v) is 2.36. The molecule has 0 radical (unpaired) electrons. The maximum atomic E-state index is 12.1. The molecule has 1 N–H and O–H groups in total. The van der Waals surface area contributed by atoms with Crippen molar-refractivity contribution in [2.75, 3.05) is 0 Å². The molecule has 2 heterocycles. The molecule has 0 fully saturated rings. The monoisotopic (exact) mass is 315 g/mol. The molecule has 22 heavy (non-hydrogen) atoms. The van der Waals surface area contributed by atoms with E-state index in [0.29, 0.717) is 28.7 Å². The molecule has 2 aromatic heterocycles. The molecule has 112 valence electrons. The molecule has 0 saturated carbocycles. The average Bonchev–Trinajstić information content (AvgIpc) is 3.13. The number of carbonyl (C=O) groups is 1. The minimum atomic E-state index is -0.232. The van der Waals surface area contributed by atoms with Crippen molar-refractivity contribution in [3.63, 3.8) is 0 Å². The van der Waals surface area contributed by atoms with Crippen LogP contribution in [0.2, 0.25) is 5.02 Å². The minimum absolute atomic E-state index is 0.232. The molecule has 0 saturated heterocycles. The Morgan fingerprint density at radius 3 is 2.82 bits per heavy atom. The molecule has 6 heteroatoms. The highest BCUT2D eigenvalue weighted by molar-refractivity contribution is 6.33. The molecular formula is C16H14ClN3O2. The number of halogens is 1. The quantitative estimate of drug-likeness (QED) is 0.804. The summed E-state index contributed by atoms with van der Waals surface area (Å²) < 4.78 is 7.44. The average molecular weight is 316 g/mol. The minimum Gasteiger partial charge on any atom is -0.458 e. The van der Waals surface area contributed by atoms with Gasteiger partial charge in [0, 0.05) is 13.2 Å². The molecular weight excluding hydrogens is 302 g/mol. The number of amides is 1. The SMILES string of the molecule is Cn1nccc1-c1ccc(CNC(=O)c2ccccc2Cl)o1. The molecule has 3 rings (SSSR count). The summed E-state index contributed by atoms with van der Waals surface area (Å²) in [6.07, 6.45) is 1.71. The highest BCUT2D eigenvalue weighted by Crippen LogP contribution is 2.21. The smallest absolute Gasteiger partial charge is 0.253 e. The van der Waals surface area contributed by atoms with E-state index in [9.17, 15) is 4.79 Å². The van der Waals surface area contributed by atoms with Gasteiger partial charge in [0.2, 0.25) is 0 Å². The number of hydrogen-bond acceptors (Lipinski definition) is 3. The van der Waals surface area contributed by atoms with Gasteiger partial charge < -0.3 is 9.73 Å². The first-order valence-corrected chi connectivity index (χ1v) is 7.13. The number of benzene rings is 1. The third kappa shape index (κ3) is 2.89. The van der Waals surface area contributed by atoms with Crippen LogP contribution in [0.5, 0.6) is 0 Å². The molecule has 0 spiro atoms. The van der Waals surface area contributed by atoms with Gasteiger partial charge in [-0.1, -0.05) is 23.7 Å². The van der Waals surface area contributed by atoms with E-state index in [4.69, 9.17) is 16.0 Å². The van der Waals surface area contributed by atoms with Gasteiger partial charge in [-0.25, -0.2) is 0 Å². The maximum absolute atomic E-state index is 12.1. The first-order valence-electron chi connectivity index (χ1n) is 6.75. The highest BCUT2D eigenvalue weighted by Gasteiger charge is 2.11. The van der Waals surface area contributed by atoms with Crippen LogP contribution in [0.3, 0.4) is 0 Å². The predicted molar refractivity (Wildman–Crippen MR) is 83.5 cm³/mol. The summed E-state index contributed by atoms with van der Waals surface area (Å²) in [6, 6.07) is 12.5. The zero-order valence-corrected chi connectivity index (χ0v) is 12.7. The fraction of sp³-hybridized carbons (Fsp3) is 0.125. The molecule has 0 atom stereocenters. The van der Waals surface area contributed by atoms with Crippen LogP contribution in [0.25, 0.3) is 11.5 Å². The van der Waals surface area contributed by atoms with E-state index in [1.54, 1.807) is 35.1 Å². The Morgan fingerprint density at radius 2 is 2.09 bits per heavy atom. The van der Waals surface area contributed by atoms with Crippen molar-refractivity contribution in [3.8, 4) is 11.5 Å². The first-order chi connectivity index (χ1) is 10.6. The van der Waals surface area contributed by atoms with E-state index in [1.807, 2.05) is 25.2 Å². The summed E-state index contributed by atoms with van der Waals surface area (Å²) in [4.78, 5) is 12.1. The summed E-state index contributed by atoms with van der Waals surface area (Å²) in [5, 5.41) is 7.31. The van der Waals surface area contributed by atoms with Crippen molar-refractivity contribution < 1.29 is 9.21 Å². The van der Waals surface area contributed by atoms with Crippen LogP contribution in [0.15, 0.2) is 53.1 Å². The Kier molecular flexibility index (Phi) is 3.98. The van der Waals surface area contributed by atoms with Crippen LogP contribution >= 0.6 is 11.6 Å². The van der Waals surface area contributed by atoms with E-state index in [2.05, 4.69) is 10.4 Å². The first kappa shape index (κ1) is 14.4. The zero-order valence-electron chi connectivity index (χ0n) is 11.9. The summed E-state index contributed by atoms with van der Waals surface area (Å²) in [6.45, 7) is 0.294. The molecule has 0 aliphatic rings. The van der Waals surface area contributed by atoms with Gasteiger partial charge in [0.1, 0.15) is 11.5 Å². The third-order valence-electron chi connectivity index (χ3n) is 3.28. The predicted octanol–water partition coefficient (Wildman–Crippen LogP) is 3.26. The number of nitrogens with zero attached hydrogens (tertiary/aromatic N) is 2. The van der Waals surface area contributed by atoms with E-state index in [0.717, 1.165) is 5.69 Å². The van der Waals surface area contributed by atoms with Crippen molar-refractivity contribution in [3.05, 3.63) is 65.0 Å². The van der Waals surface area contributed by atoms with Gasteiger partial charge in [-0.05, 0) is 30.3 Å². The molecule has 1 aromatic carbocycles. The number of aromatic nitrogens is 2. The van der Waals surface area contributed by atoms with Gasteiger partial charge in [0.15, 0.2) is 5.76 Å². The summed E-state index contributed by atoms with van der Waals surface area (Å²) >= 11 is 6.00. The van der Waals surface area contributed by atoms with Gasteiger partial charge >= 0.3 is 0 Å². The van der Waals surface area contributed by atoms with Crippen molar-refractivity contribution in [2.45, 2.75) is 6.54 Å². The lowest BCUT2D eigenvalue weighted by molar-refractivity contribution is 0.0948. The second kappa shape index (κ2) is 6.07. The zero-order chi connectivity index (χ0) is 15.5. The Hall–Kier alpha value is -2.53. The van der Waals surface area contributed by atoms with Crippen LogP contribution in [0, 0.1) is 0 Å². The lowest BCUT2D eigenvalue weighted by Crippen LogP contribution is -2.22. The molecule has 0 aliphatic carbocycles. The highest BCUT2D eigenvalue weighted by atomic mass is 35.5. The second-order valence-corrected chi connectivity index (χ2v) is 5.18. The lowest BCUT2D eigenvalue weighted by atomic mass is 10.2. The molecule has 0 unspecified atom stereocenters. The third-order valence-corrected chi connectivity index (χ3v) is 3.61. The number of carbonyl (C=O) groups excluding carboxylic acids is 1. The van der Waals surface area contributed by atoms with Crippen molar-refractivity contribution >= 4 is 17.5 Å². The van der Waals surface area contributed by atoms with Crippen molar-refractivity contribution in [1.82, 2.24) is 15.1 Å². The van der Waals surface area contributed by atoms with Crippen LogP contribution < -0.4 is 5.32 Å². The van der Waals surface area contributed by atoms with Gasteiger partial charge in [-0.3, -0.25) is 9.48 Å². The van der Waals surface area contributed by atoms with Crippen LogP contribution in [-0.4, -0.2) is 15.7 Å². The molecule has 0 bridgehead atoms. The van der Waals surface area contributed by atoms with E-state index >= 15 is 0 Å². The van der Waals surface area contributed by atoms with Gasteiger partial charge in [-0.15, -0.1) is 0 Å². The Labute approximate surface area is 132 Å². The van der Waals surface area contributed by atoms with Crippen LogP contribution in [0.4, 0.5) is 0 Å². The number of hydrogen-bond donors (Lipinski definition) is 1. The summed E-state index contributed by atoms with van der Waals surface area (Å²) in [5.41, 5.74) is 1.33. The standard InChI is InChI=1S/C16H14ClN3O2/c1-20-14(8-9-19-20)15-7-6-11(22-15)10-18-16(21)12-4-2-3-5-13(12)17/h2-9H,10H2,1H3,(H,18,21). The number of furan rings is 1. The Morgan fingerprint density at radius 1 is 1.27 bits per heavy atom. The van der Waals surface area contributed by atoms with Crippen LogP contribution in [-0.2, 0) is 13.6 Å². The van der Waals surface area contributed by atoms with Crippen molar-refractivity contribution in [1.29, 1.82) is 0 Å². The molecule has 1 amide bonds. The molecule has 0 aliphatic heterocycles. The van der Waals surface area contributed by atoms with E-state index in [1.165, 1.54) is 0 Å². The van der Waals surface area contributed by atoms with Gasteiger partial charge in [0.25, 0.3) is 5.91 Å². The Bertz CT molecular complexity index is 807. The number of aryl methyl sites for hydroxylation is 1. The fourth-order valence-electron chi connectivity index (χ4n) is 2.13. The maximum Gasteiger partial charge on any atom is 0.253 e. The lowest BCUT2D eigenvalue weighted by Gasteiger charge is -2.05. The van der Waals surface area contributed by atoms with E-state index < -0.39 is 0 Å². The van der Waals surface area contributed by atoms with Gasteiger partial charge in [-0.2, -0.15) is 5.10 Å². The van der Waals surface area contributed by atoms with Gasteiger partial charge in [0.05, 0.1) is 17.1 Å². The number of rotatable bonds is 4. The molecule has 5 nitrogen and oxygen atoms in total.